The molecule has 1 N–H and O–H groups in total. The highest BCUT2D eigenvalue weighted by molar-refractivity contribution is 7.25. The molecule has 0 bridgehead atoms. The van der Waals surface area contributed by atoms with E-state index >= 15 is 0 Å². The molecule has 7 nitrogen and oxygen atoms in total. The highest BCUT2D eigenvalue weighted by Crippen LogP contribution is 2.31. The summed E-state index contributed by atoms with van der Waals surface area (Å²) in [6, 6.07) is 20.9. The van der Waals surface area contributed by atoms with Crippen molar-refractivity contribution in [1.82, 2.24) is 9.13 Å². The van der Waals surface area contributed by atoms with Gasteiger partial charge in [0, 0.05) is 15.1 Å². The highest BCUT2D eigenvalue weighted by atomic mass is 35.5. The van der Waals surface area contributed by atoms with Crippen molar-refractivity contribution in [3.63, 3.8) is 0 Å². The second kappa shape index (κ2) is 8.81. The molecule has 170 valence electrons. The fourth-order valence-electron chi connectivity index (χ4n) is 3.92. The number of benzene rings is 3. The molecule has 0 aliphatic rings. The van der Waals surface area contributed by atoms with Gasteiger partial charge in [0.05, 0.1) is 24.0 Å². The average molecular weight is 492 g/mol. The Balaban J connectivity index is 1.72. The highest BCUT2D eigenvalue weighted by Gasteiger charge is 2.21. The monoisotopic (exact) mass is 491 g/mol. The number of nitrogens with zero attached hydrogens (tertiary/aromatic N) is 2. The molecule has 9 heteroatoms. The Morgan fingerprint density at radius 3 is 2.59 bits per heavy atom. The standard InChI is InChI=1S/C25H18ClN3O4S/c1-33-19-11-4-3-10-18(19)27-21(30)14-28-22-17-9-2-5-12-20(17)34-23(22)24(31)29(25(28)32)16-8-6-7-15(26)13-16/h2-13H,14H2,1H3,(H,27,30). The molecule has 0 fully saturated rings. The Hall–Kier alpha value is -3.88. The summed E-state index contributed by atoms with van der Waals surface area (Å²) >= 11 is 7.41. The van der Waals surface area contributed by atoms with Crippen molar-refractivity contribution in [2.75, 3.05) is 12.4 Å². The Kier molecular flexibility index (Phi) is 5.69. The lowest BCUT2D eigenvalue weighted by Crippen LogP contribution is -2.40. The van der Waals surface area contributed by atoms with Crippen LogP contribution in [0.3, 0.4) is 0 Å². The van der Waals surface area contributed by atoms with Crippen LogP contribution in [-0.4, -0.2) is 22.2 Å². The predicted octanol–water partition coefficient (Wildman–Crippen LogP) is 4.67. The summed E-state index contributed by atoms with van der Waals surface area (Å²) in [5.74, 6) is 0.0673. The summed E-state index contributed by atoms with van der Waals surface area (Å²) in [6.07, 6.45) is 0. The molecule has 34 heavy (non-hydrogen) atoms. The predicted molar refractivity (Wildman–Crippen MR) is 136 cm³/mol. The van der Waals surface area contributed by atoms with Crippen molar-refractivity contribution in [2.24, 2.45) is 0 Å². The number of ether oxygens (including phenoxy) is 1. The van der Waals surface area contributed by atoms with Gasteiger partial charge in [0.1, 0.15) is 17.0 Å². The molecule has 0 radical (unpaired) electrons. The maximum absolute atomic E-state index is 13.7. The van der Waals surface area contributed by atoms with Crippen LogP contribution in [0, 0.1) is 0 Å². The van der Waals surface area contributed by atoms with Gasteiger partial charge in [-0.1, -0.05) is 48.0 Å². The number of hydrogen-bond donors (Lipinski definition) is 1. The molecule has 1 amide bonds. The third-order valence-corrected chi connectivity index (χ3v) is 6.79. The zero-order valence-electron chi connectivity index (χ0n) is 17.9. The minimum atomic E-state index is -0.626. The maximum atomic E-state index is 13.7. The van der Waals surface area contributed by atoms with Gasteiger partial charge in [-0.05, 0) is 36.4 Å². The van der Waals surface area contributed by atoms with E-state index in [1.807, 2.05) is 24.3 Å². The van der Waals surface area contributed by atoms with E-state index < -0.39 is 17.2 Å². The quantitative estimate of drug-likeness (QED) is 0.387. The van der Waals surface area contributed by atoms with Gasteiger partial charge >= 0.3 is 5.69 Å². The molecular weight excluding hydrogens is 474 g/mol. The van der Waals surface area contributed by atoms with Gasteiger partial charge < -0.3 is 10.1 Å². The van der Waals surface area contributed by atoms with Crippen LogP contribution in [-0.2, 0) is 11.3 Å². The van der Waals surface area contributed by atoms with E-state index in [4.69, 9.17) is 16.3 Å². The third kappa shape index (κ3) is 3.76. The number of methoxy groups -OCH3 is 1. The number of carbonyl (C=O) groups is 1. The molecule has 2 heterocycles. The number of fused-ring (bicyclic) bond motifs is 3. The molecule has 0 aliphatic heterocycles. The summed E-state index contributed by atoms with van der Waals surface area (Å²) in [4.78, 5) is 40.2. The van der Waals surface area contributed by atoms with Gasteiger partial charge in [0.15, 0.2) is 0 Å². The van der Waals surface area contributed by atoms with Crippen LogP contribution in [0.25, 0.3) is 26.0 Å². The molecule has 0 saturated heterocycles. The summed E-state index contributed by atoms with van der Waals surface area (Å²) in [5.41, 5.74) is 0.172. The fraction of sp³-hybridized carbons (Fsp3) is 0.0800. The first kappa shape index (κ1) is 21.9. The van der Waals surface area contributed by atoms with Crippen LogP contribution < -0.4 is 21.3 Å². The summed E-state index contributed by atoms with van der Waals surface area (Å²) in [7, 11) is 1.51. The normalized spacial score (nSPS) is 11.1. The van der Waals surface area contributed by atoms with E-state index in [-0.39, 0.29) is 6.54 Å². The Morgan fingerprint density at radius 2 is 1.79 bits per heavy atom. The molecule has 0 aliphatic carbocycles. The van der Waals surface area contributed by atoms with Gasteiger partial charge in [-0.2, -0.15) is 0 Å². The molecule has 0 spiro atoms. The van der Waals surface area contributed by atoms with Crippen LogP contribution >= 0.6 is 22.9 Å². The molecule has 0 saturated carbocycles. The minimum absolute atomic E-state index is 0.297. The lowest BCUT2D eigenvalue weighted by molar-refractivity contribution is -0.116. The number of halogens is 1. The molecular formula is C25H18ClN3O4S. The number of rotatable bonds is 5. The molecule has 5 aromatic rings. The Labute approximate surface area is 202 Å². The number of para-hydroxylation sites is 2. The van der Waals surface area contributed by atoms with Gasteiger partial charge in [-0.3, -0.25) is 14.2 Å². The van der Waals surface area contributed by atoms with Crippen molar-refractivity contribution in [3.05, 3.63) is 98.7 Å². The van der Waals surface area contributed by atoms with Crippen LogP contribution in [0.15, 0.2) is 82.4 Å². The van der Waals surface area contributed by atoms with Crippen LogP contribution in [0.1, 0.15) is 0 Å². The summed E-state index contributed by atoms with van der Waals surface area (Å²) in [5, 5.41) is 3.92. The minimum Gasteiger partial charge on any atom is -0.495 e. The van der Waals surface area contributed by atoms with Crippen LogP contribution in [0.5, 0.6) is 5.75 Å². The molecule has 3 aromatic carbocycles. The molecule has 2 aromatic heterocycles. The Morgan fingerprint density at radius 1 is 1.03 bits per heavy atom. The SMILES string of the molecule is COc1ccccc1NC(=O)Cn1c(=O)n(-c2cccc(Cl)c2)c(=O)c2sc3ccccc3c21. The van der Waals surface area contributed by atoms with E-state index in [9.17, 15) is 14.4 Å². The van der Waals surface area contributed by atoms with Gasteiger partial charge in [0.25, 0.3) is 5.56 Å². The van der Waals surface area contributed by atoms with Crippen molar-refractivity contribution in [3.8, 4) is 11.4 Å². The van der Waals surface area contributed by atoms with Gasteiger partial charge in [-0.25, -0.2) is 9.36 Å². The number of aromatic nitrogens is 2. The van der Waals surface area contributed by atoms with Crippen molar-refractivity contribution < 1.29 is 9.53 Å². The molecule has 0 unspecified atom stereocenters. The van der Waals surface area contributed by atoms with E-state index in [1.165, 1.54) is 23.0 Å². The van der Waals surface area contributed by atoms with Crippen LogP contribution in [0.2, 0.25) is 5.02 Å². The van der Waals surface area contributed by atoms with Gasteiger partial charge in [-0.15, -0.1) is 11.3 Å². The first-order valence-corrected chi connectivity index (χ1v) is 11.5. The first-order valence-electron chi connectivity index (χ1n) is 10.3. The first-order chi connectivity index (χ1) is 16.5. The third-order valence-electron chi connectivity index (χ3n) is 5.41. The number of carbonyl (C=O) groups excluding carboxylic acids is 1. The van der Waals surface area contributed by atoms with E-state index in [2.05, 4.69) is 5.32 Å². The van der Waals surface area contributed by atoms with Crippen LogP contribution in [0.4, 0.5) is 5.69 Å². The van der Waals surface area contributed by atoms with Crippen molar-refractivity contribution in [2.45, 2.75) is 6.54 Å². The lowest BCUT2D eigenvalue weighted by atomic mass is 10.2. The number of amides is 1. The maximum Gasteiger partial charge on any atom is 0.336 e. The fourth-order valence-corrected chi connectivity index (χ4v) is 5.24. The second-order valence-corrected chi connectivity index (χ2v) is 9.00. The smallest absolute Gasteiger partial charge is 0.336 e. The largest absolute Gasteiger partial charge is 0.495 e. The van der Waals surface area contributed by atoms with Gasteiger partial charge in [0.2, 0.25) is 5.91 Å². The molecule has 0 atom stereocenters. The number of hydrogen-bond acceptors (Lipinski definition) is 5. The second-order valence-electron chi connectivity index (χ2n) is 7.51. The number of anilines is 1. The zero-order chi connectivity index (χ0) is 23.8. The average Bonchev–Trinajstić information content (AvgIpc) is 3.22. The topological polar surface area (TPSA) is 82.3 Å². The van der Waals surface area contributed by atoms with E-state index in [1.54, 1.807) is 48.5 Å². The zero-order valence-corrected chi connectivity index (χ0v) is 19.5. The summed E-state index contributed by atoms with van der Waals surface area (Å²) < 4.78 is 8.91. The van der Waals surface area contributed by atoms with E-state index in [0.717, 1.165) is 14.7 Å². The van der Waals surface area contributed by atoms with E-state index in [0.29, 0.717) is 32.4 Å². The van der Waals surface area contributed by atoms with Crippen molar-refractivity contribution >= 4 is 54.8 Å². The lowest BCUT2D eigenvalue weighted by Gasteiger charge is -2.14. The number of thiophene rings is 1. The van der Waals surface area contributed by atoms with Crippen molar-refractivity contribution in [1.29, 1.82) is 0 Å². The number of nitrogens with one attached hydrogen (secondary N) is 1. The molecule has 5 rings (SSSR count). The summed E-state index contributed by atoms with van der Waals surface area (Å²) in [6.45, 7) is -0.297. The Bertz CT molecular complexity index is 1690.